The highest BCUT2D eigenvalue weighted by Gasteiger charge is 1.99. The van der Waals surface area contributed by atoms with E-state index in [1.165, 1.54) is 0 Å². The number of esters is 1. The summed E-state index contributed by atoms with van der Waals surface area (Å²) in [7, 11) is 0. The van der Waals surface area contributed by atoms with E-state index in [0.29, 0.717) is 0 Å². The summed E-state index contributed by atoms with van der Waals surface area (Å²) in [5.41, 5.74) is 0.241. The van der Waals surface area contributed by atoms with Crippen molar-refractivity contribution in [1.82, 2.24) is 0 Å². The molecule has 0 N–H and O–H groups in total. The average Bonchev–Trinajstić information content (AvgIpc) is 2.01. The van der Waals surface area contributed by atoms with Gasteiger partial charge >= 0.3 is 5.97 Å². The first-order valence-electron chi connectivity index (χ1n) is 3.22. The Labute approximate surface area is 70.0 Å². The van der Waals surface area contributed by atoms with Gasteiger partial charge in [0.1, 0.15) is 6.67 Å². The van der Waals surface area contributed by atoms with Gasteiger partial charge in [0.2, 0.25) is 0 Å². The van der Waals surface area contributed by atoms with Crippen LogP contribution in [0.2, 0.25) is 0 Å². The van der Waals surface area contributed by atoms with Crippen molar-refractivity contribution < 1.29 is 13.9 Å². The minimum absolute atomic E-state index is 0.0231. The molecule has 0 saturated heterocycles. The highest BCUT2D eigenvalue weighted by Crippen LogP contribution is 1.99. The first-order valence-corrected chi connectivity index (χ1v) is 3.76. The van der Waals surface area contributed by atoms with Crippen LogP contribution in [0, 0.1) is 0 Å². The molecule has 64 valence electrons. The van der Waals surface area contributed by atoms with E-state index in [2.05, 4.69) is 4.74 Å². The van der Waals surface area contributed by atoms with Crippen molar-refractivity contribution >= 4 is 17.6 Å². The van der Waals surface area contributed by atoms with Crippen LogP contribution in [-0.2, 0) is 9.53 Å². The van der Waals surface area contributed by atoms with Crippen LogP contribution in [-0.4, -0.2) is 25.1 Å². The summed E-state index contributed by atoms with van der Waals surface area (Å²) in [6.45, 7) is 1.26. The molecule has 0 heterocycles. The van der Waals surface area contributed by atoms with E-state index in [9.17, 15) is 9.18 Å². The SMILES string of the molecule is CCOC(=O)C=C(CF)CCl. The fraction of sp³-hybridized carbons (Fsp3) is 0.571. The fourth-order valence-corrected chi connectivity index (χ4v) is 0.612. The summed E-state index contributed by atoms with van der Waals surface area (Å²) in [6, 6.07) is 0. The number of ether oxygens (including phenoxy) is 1. The predicted molar refractivity (Wildman–Crippen MR) is 41.4 cm³/mol. The van der Waals surface area contributed by atoms with Gasteiger partial charge in [-0.15, -0.1) is 11.6 Å². The fourth-order valence-electron chi connectivity index (χ4n) is 0.463. The van der Waals surface area contributed by atoms with Gasteiger partial charge in [0.25, 0.3) is 0 Å². The molecule has 0 aromatic heterocycles. The second-order valence-electron chi connectivity index (χ2n) is 1.82. The van der Waals surface area contributed by atoms with Gasteiger partial charge in [-0.3, -0.25) is 0 Å². The van der Waals surface area contributed by atoms with Crippen LogP contribution in [0.5, 0.6) is 0 Å². The molecule has 0 spiro atoms. The highest BCUT2D eigenvalue weighted by molar-refractivity contribution is 6.19. The second kappa shape index (κ2) is 6.16. The van der Waals surface area contributed by atoms with Gasteiger partial charge in [0.15, 0.2) is 0 Å². The number of hydrogen-bond acceptors (Lipinski definition) is 2. The van der Waals surface area contributed by atoms with E-state index in [1.807, 2.05) is 0 Å². The Balaban J connectivity index is 3.93. The smallest absolute Gasteiger partial charge is 0.330 e. The number of carbonyl (C=O) groups is 1. The lowest BCUT2D eigenvalue weighted by Crippen LogP contribution is -2.02. The molecular weight excluding hydrogens is 171 g/mol. The maximum Gasteiger partial charge on any atom is 0.330 e. The van der Waals surface area contributed by atoms with Crippen LogP contribution in [0.1, 0.15) is 6.92 Å². The summed E-state index contributed by atoms with van der Waals surface area (Å²) in [5.74, 6) is -0.518. The zero-order chi connectivity index (χ0) is 8.69. The van der Waals surface area contributed by atoms with E-state index in [4.69, 9.17) is 11.6 Å². The third kappa shape index (κ3) is 4.79. The largest absolute Gasteiger partial charge is 0.463 e. The number of halogens is 2. The molecule has 0 unspecified atom stereocenters. The Morgan fingerprint density at radius 2 is 2.36 bits per heavy atom. The van der Waals surface area contributed by atoms with E-state index >= 15 is 0 Å². The minimum atomic E-state index is -0.706. The van der Waals surface area contributed by atoms with Crippen molar-refractivity contribution in [1.29, 1.82) is 0 Å². The Morgan fingerprint density at radius 1 is 1.73 bits per heavy atom. The number of rotatable bonds is 4. The Morgan fingerprint density at radius 3 is 2.73 bits per heavy atom. The van der Waals surface area contributed by atoms with Crippen molar-refractivity contribution in [2.45, 2.75) is 6.92 Å². The summed E-state index contributed by atoms with van der Waals surface area (Å²) in [5, 5.41) is 0. The van der Waals surface area contributed by atoms with Gasteiger partial charge in [-0.1, -0.05) is 0 Å². The average molecular weight is 181 g/mol. The predicted octanol–water partition coefficient (Wildman–Crippen LogP) is 1.68. The molecule has 0 aliphatic rings. The maximum absolute atomic E-state index is 11.9. The molecule has 0 aliphatic heterocycles. The molecule has 0 atom stereocenters. The molecule has 0 rings (SSSR count). The van der Waals surface area contributed by atoms with E-state index in [1.54, 1.807) is 6.92 Å². The lowest BCUT2D eigenvalue weighted by atomic mass is 10.3. The van der Waals surface area contributed by atoms with Crippen LogP contribution >= 0.6 is 11.6 Å². The first-order chi connectivity index (χ1) is 5.24. The summed E-state index contributed by atoms with van der Waals surface area (Å²) in [6.07, 6.45) is 1.08. The van der Waals surface area contributed by atoms with Crippen LogP contribution < -0.4 is 0 Å². The zero-order valence-electron chi connectivity index (χ0n) is 6.27. The summed E-state index contributed by atoms with van der Waals surface area (Å²) in [4.78, 5) is 10.6. The molecular formula is C7H10ClFO2. The molecule has 0 saturated carbocycles. The normalized spacial score (nSPS) is 11.4. The van der Waals surface area contributed by atoms with E-state index < -0.39 is 12.6 Å². The number of allylic oxidation sites excluding steroid dienone is 1. The van der Waals surface area contributed by atoms with E-state index in [0.717, 1.165) is 6.08 Å². The quantitative estimate of drug-likeness (QED) is 0.374. The lowest BCUT2D eigenvalue weighted by molar-refractivity contribution is -0.137. The van der Waals surface area contributed by atoms with Crippen molar-refractivity contribution in [2.24, 2.45) is 0 Å². The van der Waals surface area contributed by atoms with Gasteiger partial charge in [0, 0.05) is 12.0 Å². The standard InChI is InChI=1S/C7H10ClFO2/c1-2-11-7(10)3-6(4-8)5-9/h3H,2,4-5H2,1H3. The number of hydrogen-bond donors (Lipinski definition) is 0. The Bertz CT molecular complexity index is 151. The molecule has 0 bridgehead atoms. The molecule has 0 radical (unpaired) electrons. The molecule has 0 amide bonds. The topological polar surface area (TPSA) is 26.3 Å². The van der Waals surface area contributed by atoms with E-state index in [-0.39, 0.29) is 18.1 Å². The molecule has 0 aromatic rings. The molecule has 2 nitrogen and oxygen atoms in total. The van der Waals surface area contributed by atoms with Crippen LogP contribution in [0.4, 0.5) is 4.39 Å². The van der Waals surface area contributed by atoms with Crippen molar-refractivity contribution in [3.63, 3.8) is 0 Å². The second-order valence-corrected chi connectivity index (χ2v) is 2.09. The van der Waals surface area contributed by atoms with Gasteiger partial charge in [-0.2, -0.15) is 0 Å². The lowest BCUT2D eigenvalue weighted by Gasteiger charge is -1.97. The number of carbonyl (C=O) groups excluding carboxylic acids is 1. The van der Waals surface area contributed by atoms with Crippen molar-refractivity contribution in [2.75, 3.05) is 19.2 Å². The Hall–Kier alpha value is -0.570. The third-order valence-corrected chi connectivity index (χ3v) is 1.30. The maximum atomic E-state index is 11.9. The van der Waals surface area contributed by atoms with Gasteiger partial charge in [-0.25, -0.2) is 9.18 Å². The van der Waals surface area contributed by atoms with Crippen LogP contribution in [0.25, 0.3) is 0 Å². The third-order valence-electron chi connectivity index (χ3n) is 0.952. The summed E-state index contributed by atoms with van der Waals surface area (Å²) >= 11 is 5.30. The van der Waals surface area contributed by atoms with Gasteiger partial charge < -0.3 is 4.74 Å². The summed E-state index contributed by atoms with van der Waals surface area (Å²) < 4.78 is 16.4. The molecule has 0 aromatic carbocycles. The molecule has 4 heteroatoms. The monoisotopic (exact) mass is 180 g/mol. The van der Waals surface area contributed by atoms with Crippen LogP contribution in [0.15, 0.2) is 11.6 Å². The van der Waals surface area contributed by atoms with Gasteiger partial charge in [-0.05, 0) is 12.5 Å². The minimum Gasteiger partial charge on any atom is -0.463 e. The zero-order valence-corrected chi connectivity index (χ0v) is 7.03. The van der Waals surface area contributed by atoms with Crippen molar-refractivity contribution in [3.05, 3.63) is 11.6 Å². The highest BCUT2D eigenvalue weighted by atomic mass is 35.5. The van der Waals surface area contributed by atoms with Crippen molar-refractivity contribution in [3.8, 4) is 0 Å². The van der Waals surface area contributed by atoms with Crippen LogP contribution in [0.3, 0.4) is 0 Å². The molecule has 11 heavy (non-hydrogen) atoms. The Kier molecular flexibility index (Phi) is 5.84. The van der Waals surface area contributed by atoms with Gasteiger partial charge in [0.05, 0.1) is 6.61 Å². The number of alkyl halides is 2. The molecule has 0 fully saturated rings. The first kappa shape index (κ1) is 10.4. The molecule has 0 aliphatic carbocycles.